The third-order valence-electron chi connectivity index (χ3n) is 5.89. The number of anilines is 1. The maximum absolute atomic E-state index is 13.3. The average Bonchev–Trinajstić information content (AvgIpc) is 3.52. The molecular formula is C22H25ClN8O2. The van der Waals surface area contributed by atoms with Crippen LogP contribution in [0, 0.1) is 0 Å². The Balaban J connectivity index is 1.47. The molecule has 2 aliphatic heterocycles. The summed E-state index contributed by atoms with van der Waals surface area (Å²) in [5.74, 6) is 0.387. The molecule has 1 amide bonds. The van der Waals surface area contributed by atoms with Crippen molar-refractivity contribution >= 4 is 29.0 Å². The molecule has 5 N–H and O–H groups in total. The molecule has 0 radical (unpaired) electrons. The summed E-state index contributed by atoms with van der Waals surface area (Å²) in [6.07, 6.45) is 7.45. The highest BCUT2D eigenvalue weighted by molar-refractivity contribution is 6.30. The predicted molar refractivity (Wildman–Crippen MR) is 125 cm³/mol. The predicted octanol–water partition coefficient (Wildman–Crippen LogP) is 1.86. The molecule has 10 nitrogen and oxygen atoms in total. The summed E-state index contributed by atoms with van der Waals surface area (Å²) in [5.41, 5.74) is 11.6. The molecule has 2 aromatic heterocycles. The van der Waals surface area contributed by atoms with Gasteiger partial charge in [-0.05, 0) is 43.7 Å². The van der Waals surface area contributed by atoms with Crippen LogP contribution in [0.25, 0.3) is 5.65 Å². The van der Waals surface area contributed by atoms with Crippen LogP contribution in [0.5, 0.6) is 5.75 Å². The van der Waals surface area contributed by atoms with Crippen molar-refractivity contribution in [1.29, 1.82) is 0 Å². The lowest BCUT2D eigenvalue weighted by Gasteiger charge is -2.24. The number of nitrogens with zero attached hydrogens (tertiary/aromatic N) is 4. The van der Waals surface area contributed by atoms with E-state index in [1.54, 1.807) is 31.6 Å². The Bertz CT molecular complexity index is 1220. The summed E-state index contributed by atoms with van der Waals surface area (Å²) in [4.78, 5) is 17.6. The van der Waals surface area contributed by atoms with Gasteiger partial charge in [-0.25, -0.2) is 14.9 Å². The van der Waals surface area contributed by atoms with Gasteiger partial charge in [-0.1, -0.05) is 11.6 Å². The third-order valence-corrected chi connectivity index (χ3v) is 6.13. The standard InChI is InChI=1S/C22H25ClN8O2/c1-33-17-6-5-13(23)10-15(17)19-16(12-30(28-19)11-14-4-2-7-25-14)27-22(32)18-20(24)29-31-9-3-8-26-21(18)31/h3,5-6,8-10,12,14,19,25,28H,2,4,7,11H2,1H3,(H2,24,29)(H,27,32). The van der Waals surface area contributed by atoms with Crippen LogP contribution in [0.1, 0.15) is 34.8 Å². The fraction of sp³-hybridized carbons (Fsp3) is 0.318. The molecule has 3 aromatic rings. The minimum absolute atomic E-state index is 0.113. The number of nitrogens with one attached hydrogen (secondary N) is 3. The highest BCUT2D eigenvalue weighted by Gasteiger charge is 2.32. The molecular weight excluding hydrogens is 444 g/mol. The Labute approximate surface area is 195 Å². The lowest BCUT2D eigenvalue weighted by molar-refractivity contribution is 0.0965. The first-order valence-electron chi connectivity index (χ1n) is 10.7. The first kappa shape index (κ1) is 21.5. The van der Waals surface area contributed by atoms with Crippen molar-refractivity contribution in [3.05, 3.63) is 64.7 Å². The van der Waals surface area contributed by atoms with E-state index < -0.39 is 0 Å². The van der Waals surface area contributed by atoms with Gasteiger partial charge in [-0.3, -0.25) is 4.79 Å². The number of hydrogen-bond donors (Lipinski definition) is 4. The maximum Gasteiger partial charge on any atom is 0.263 e. The van der Waals surface area contributed by atoms with E-state index in [2.05, 4.69) is 26.1 Å². The largest absolute Gasteiger partial charge is 0.496 e. The molecule has 5 rings (SSSR count). The van der Waals surface area contributed by atoms with Gasteiger partial charge in [0.05, 0.1) is 18.8 Å². The molecule has 1 fully saturated rings. The lowest BCUT2D eigenvalue weighted by atomic mass is 10.0. The number of benzene rings is 1. The maximum atomic E-state index is 13.3. The number of amides is 1. The monoisotopic (exact) mass is 468 g/mol. The Morgan fingerprint density at radius 1 is 1.42 bits per heavy atom. The fourth-order valence-electron chi connectivity index (χ4n) is 4.36. The van der Waals surface area contributed by atoms with Gasteiger partial charge >= 0.3 is 0 Å². The lowest BCUT2D eigenvalue weighted by Crippen LogP contribution is -2.40. The molecule has 172 valence electrons. The molecule has 0 aliphatic carbocycles. The van der Waals surface area contributed by atoms with Gasteiger partial charge in [0.25, 0.3) is 5.91 Å². The van der Waals surface area contributed by atoms with Crippen LogP contribution in [-0.4, -0.2) is 51.8 Å². The SMILES string of the molecule is COc1ccc(Cl)cc1C1NN(CC2CCCN2)C=C1NC(=O)c1c(N)nn2cccnc12. The second-order valence-corrected chi connectivity index (χ2v) is 8.52. The number of nitrogens with two attached hydrogens (primary N) is 1. The average molecular weight is 469 g/mol. The molecule has 2 unspecified atom stereocenters. The molecule has 33 heavy (non-hydrogen) atoms. The quantitative estimate of drug-likeness (QED) is 0.432. The van der Waals surface area contributed by atoms with E-state index in [1.165, 1.54) is 4.52 Å². The summed E-state index contributed by atoms with van der Waals surface area (Å²) in [6.45, 7) is 1.76. The number of nitrogen functional groups attached to an aromatic ring is 1. The number of hydrazine groups is 1. The van der Waals surface area contributed by atoms with Crippen molar-refractivity contribution in [1.82, 2.24) is 35.7 Å². The Morgan fingerprint density at radius 2 is 2.30 bits per heavy atom. The molecule has 0 spiro atoms. The van der Waals surface area contributed by atoms with Crippen LogP contribution in [0.2, 0.25) is 5.02 Å². The van der Waals surface area contributed by atoms with Crippen LogP contribution in [0.4, 0.5) is 5.82 Å². The van der Waals surface area contributed by atoms with E-state index >= 15 is 0 Å². The summed E-state index contributed by atoms with van der Waals surface area (Å²) in [7, 11) is 1.61. The molecule has 4 heterocycles. The van der Waals surface area contributed by atoms with Crippen LogP contribution in [-0.2, 0) is 0 Å². The molecule has 2 aliphatic rings. The highest BCUT2D eigenvalue weighted by Crippen LogP contribution is 2.35. The highest BCUT2D eigenvalue weighted by atomic mass is 35.5. The number of rotatable bonds is 6. The minimum atomic E-state index is -0.388. The number of aromatic nitrogens is 3. The van der Waals surface area contributed by atoms with Crippen molar-refractivity contribution in [2.45, 2.75) is 24.9 Å². The summed E-state index contributed by atoms with van der Waals surface area (Å²) < 4.78 is 7.06. The number of hydrogen-bond acceptors (Lipinski definition) is 8. The second kappa shape index (κ2) is 8.89. The molecule has 2 atom stereocenters. The zero-order valence-electron chi connectivity index (χ0n) is 18.1. The number of methoxy groups -OCH3 is 1. The van der Waals surface area contributed by atoms with E-state index in [0.29, 0.717) is 28.2 Å². The summed E-state index contributed by atoms with van der Waals surface area (Å²) >= 11 is 6.30. The van der Waals surface area contributed by atoms with Gasteiger partial charge in [0, 0.05) is 41.8 Å². The molecule has 1 aromatic carbocycles. The number of ether oxygens (including phenoxy) is 1. The number of carbonyl (C=O) groups excluding carboxylic acids is 1. The van der Waals surface area contributed by atoms with Crippen LogP contribution in [0.3, 0.4) is 0 Å². The number of carbonyl (C=O) groups is 1. The van der Waals surface area contributed by atoms with Gasteiger partial charge in [-0.2, -0.15) is 0 Å². The van der Waals surface area contributed by atoms with E-state index in [-0.39, 0.29) is 23.3 Å². The topological polar surface area (TPSA) is 122 Å². The van der Waals surface area contributed by atoms with Gasteiger partial charge in [0.15, 0.2) is 11.5 Å². The molecule has 11 heteroatoms. The second-order valence-electron chi connectivity index (χ2n) is 8.08. The van der Waals surface area contributed by atoms with Crippen LogP contribution >= 0.6 is 11.6 Å². The smallest absolute Gasteiger partial charge is 0.263 e. The van der Waals surface area contributed by atoms with Crippen LogP contribution in [0.15, 0.2) is 48.6 Å². The van der Waals surface area contributed by atoms with E-state index in [0.717, 1.165) is 31.5 Å². The van der Waals surface area contributed by atoms with E-state index in [4.69, 9.17) is 22.1 Å². The van der Waals surface area contributed by atoms with Crippen LogP contribution < -0.4 is 26.5 Å². The third kappa shape index (κ3) is 4.20. The zero-order valence-corrected chi connectivity index (χ0v) is 18.8. The van der Waals surface area contributed by atoms with Crippen molar-refractivity contribution in [3.8, 4) is 5.75 Å². The molecule has 0 bridgehead atoms. The molecule has 0 saturated carbocycles. The van der Waals surface area contributed by atoms with Crippen molar-refractivity contribution < 1.29 is 9.53 Å². The summed E-state index contributed by atoms with van der Waals surface area (Å²) in [6, 6.07) is 7.13. The fourth-order valence-corrected chi connectivity index (χ4v) is 4.54. The van der Waals surface area contributed by atoms with Gasteiger partial charge in [-0.15, -0.1) is 5.10 Å². The van der Waals surface area contributed by atoms with E-state index in [9.17, 15) is 4.79 Å². The first-order valence-corrected chi connectivity index (χ1v) is 11.1. The number of fused-ring (bicyclic) bond motifs is 1. The molecule has 1 saturated heterocycles. The Hall–Kier alpha value is -3.34. The van der Waals surface area contributed by atoms with Gasteiger partial charge in [0.2, 0.25) is 0 Å². The summed E-state index contributed by atoms with van der Waals surface area (Å²) in [5, 5.41) is 13.3. The van der Waals surface area contributed by atoms with E-state index in [1.807, 2.05) is 23.3 Å². The Morgan fingerprint density at radius 3 is 3.09 bits per heavy atom. The first-order chi connectivity index (χ1) is 16.0. The van der Waals surface area contributed by atoms with Gasteiger partial charge in [0.1, 0.15) is 11.3 Å². The Kier molecular flexibility index (Phi) is 5.79. The number of halogens is 1. The van der Waals surface area contributed by atoms with Crippen molar-refractivity contribution in [2.75, 3.05) is 25.9 Å². The normalized spacial score (nSPS) is 20.3. The van der Waals surface area contributed by atoms with Crippen molar-refractivity contribution in [2.24, 2.45) is 0 Å². The minimum Gasteiger partial charge on any atom is -0.496 e. The van der Waals surface area contributed by atoms with Gasteiger partial charge < -0.3 is 26.1 Å². The van der Waals surface area contributed by atoms with Crippen molar-refractivity contribution in [3.63, 3.8) is 0 Å². The zero-order chi connectivity index (χ0) is 22.9.